The second-order valence-corrected chi connectivity index (χ2v) is 5.38. The Morgan fingerprint density at radius 1 is 1.43 bits per heavy atom. The molecule has 23 heavy (non-hydrogen) atoms. The van der Waals surface area contributed by atoms with Crippen LogP contribution in [0.5, 0.6) is 11.5 Å². The van der Waals surface area contributed by atoms with E-state index in [1.807, 2.05) is 6.07 Å². The number of methoxy groups -OCH3 is 1. The summed E-state index contributed by atoms with van der Waals surface area (Å²) in [5.41, 5.74) is 1.19. The number of nitro benzene ring substituents is 1. The number of hydrogen-bond acceptors (Lipinski definition) is 5. The van der Waals surface area contributed by atoms with Gasteiger partial charge in [-0.1, -0.05) is 28.1 Å². The summed E-state index contributed by atoms with van der Waals surface area (Å²) in [5.74, 6) is 0.223. The summed E-state index contributed by atoms with van der Waals surface area (Å²) in [6, 6.07) is 10.9. The van der Waals surface area contributed by atoms with E-state index in [4.69, 9.17) is 4.74 Å². The highest BCUT2D eigenvalue weighted by Crippen LogP contribution is 2.34. The lowest BCUT2D eigenvalue weighted by Crippen LogP contribution is -1.90. The van der Waals surface area contributed by atoms with Gasteiger partial charge in [0.25, 0.3) is 5.69 Å². The molecule has 7 heteroatoms. The Balaban J connectivity index is 2.54. The predicted octanol–water partition coefficient (Wildman–Crippen LogP) is 4.14. The van der Waals surface area contributed by atoms with Gasteiger partial charge < -0.3 is 9.84 Å². The molecule has 2 rings (SSSR count). The molecule has 0 amide bonds. The van der Waals surface area contributed by atoms with Crippen molar-refractivity contribution in [3.63, 3.8) is 0 Å². The number of hydrogen-bond donors (Lipinski definition) is 1. The Morgan fingerprint density at radius 2 is 2.17 bits per heavy atom. The van der Waals surface area contributed by atoms with E-state index in [1.165, 1.54) is 31.4 Å². The molecule has 0 saturated carbocycles. The highest BCUT2D eigenvalue weighted by molar-refractivity contribution is 9.10. The molecule has 0 aliphatic carbocycles. The van der Waals surface area contributed by atoms with Crippen molar-refractivity contribution < 1.29 is 14.8 Å². The van der Waals surface area contributed by atoms with E-state index in [0.29, 0.717) is 15.6 Å². The summed E-state index contributed by atoms with van der Waals surface area (Å²) in [4.78, 5) is 10.3. The highest BCUT2D eigenvalue weighted by atomic mass is 79.9. The Hall–Kier alpha value is -2.85. The van der Waals surface area contributed by atoms with Crippen LogP contribution in [0.1, 0.15) is 11.1 Å². The molecule has 6 nitrogen and oxygen atoms in total. The smallest absolute Gasteiger partial charge is 0.270 e. The molecule has 2 aromatic carbocycles. The predicted molar refractivity (Wildman–Crippen MR) is 88.9 cm³/mol. The fourth-order valence-corrected chi connectivity index (χ4v) is 2.40. The Morgan fingerprint density at radius 3 is 2.78 bits per heavy atom. The van der Waals surface area contributed by atoms with Crippen molar-refractivity contribution in [2.75, 3.05) is 7.11 Å². The molecule has 0 heterocycles. The molecule has 0 aliphatic heterocycles. The van der Waals surface area contributed by atoms with E-state index in [9.17, 15) is 20.5 Å². The molecule has 2 aromatic rings. The molecular weight excluding hydrogens is 364 g/mol. The molecular formula is C16H11BrN2O4. The van der Waals surface area contributed by atoms with Gasteiger partial charge in [0.05, 0.1) is 23.7 Å². The van der Waals surface area contributed by atoms with Crippen molar-refractivity contribution in [2.24, 2.45) is 0 Å². The van der Waals surface area contributed by atoms with Crippen LogP contribution in [0.25, 0.3) is 11.6 Å². The topological polar surface area (TPSA) is 96.4 Å². The second-order valence-electron chi connectivity index (χ2n) is 4.52. The lowest BCUT2D eigenvalue weighted by molar-refractivity contribution is -0.384. The van der Waals surface area contributed by atoms with Crippen LogP contribution in [0.2, 0.25) is 0 Å². The molecule has 1 N–H and O–H groups in total. The minimum absolute atomic E-state index is 0.0367. The fraction of sp³-hybridized carbons (Fsp3) is 0.0625. The number of non-ortho nitro benzene ring substituents is 1. The van der Waals surface area contributed by atoms with Gasteiger partial charge in [-0.2, -0.15) is 5.26 Å². The van der Waals surface area contributed by atoms with E-state index < -0.39 is 4.92 Å². The van der Waals surface area contributed by atoms with Gasteiger partial charge in [0.15, 0.2) is 11.5 Å². The van der Waals surface area contributed by atoms with Crippen molar-refractivity contribution in [1.82, 2.24) is 0 Å². The van der Waals surface area contributed by atoms with Crippen molar-refractivity contribution in [1.29, 1.82) is 5.26 Å². The van der Waals surface area contributed by atoms with Crippen LogP contribution >= 0.6 is 15.9 Å². The first-order valence-corrected chi connectivity index (χ1v) is 7.18. The number of phenolic OH excluding ortho intramolecular Hbond substituents is 1. The van der Waals surface area contributed by atoms with Crippen molar-refractivity contribution in [3.8, 4) is 17.6 Å². The van der Waals surface area contributed by atoms with Gasteiger partial charge in [-0.25, -0.2) is 0 Å². The minimum Gasteiger partial charge on any atom is -0.504 e. The average molecular weight is 375 g/mol. The average Bonchev–Trinajstić information content (AvgIpc) is 2.54. The third-order valence-electron chi connectivity index (χ3n) is 3.09. The van der Waals surface area contributed by atoms with Crippen molar-refractivity contribution in [2.45, 2.75) is 0 Å². The van der Waals surface area contributed by atoms with Crippen molar-refractivity contribution in [3.05, 3.63) is 62.1 Å². The first-order valence-electron chi connectivity index (χ1n) is 6.39. The zero-order chi connectivity index (χ0) is 17.0. The summed E-state index contributed by atoms with van der Waals surface area (Å²) >= 11 is 3.30. The summed E-state index contributed by atoms with van der Waals surface area (Å²) in [7, 11) is 1.42. The van der Waals surface area contributed by atoms with Crippen LogP contribution in [0.4, 0.5) is 5.69 Å². The van der Waals surface area contributed by atoms with Crippen LogP contribution in [0.15, 0.2) is 40.9 Å². The minimum atomic E-state index is -0.516. The SMILES string of the molecule is COc1cc(/C=C(/C#N)c2cccc([N+](=O)[O-])c2)c(Br)cc1O. The molecule has 0 saturated heterocycles. The second kappa shape index (κ2) is 6.94. The van der Waals surface area contributed by atoms with Crippen LogP contribution in [0, 0.1) is 21.4 Å². The quantitative estimate of drug-likeness (QED) is 0.375. The summed E-state index contributed by atoms with van der Waals surface area (Å²) in [5, 5.41) is 29.9. The van der Waals surface area contributed by atoms with Crippen LogP contribution in [0.3, 0.4) is 0 Å². The number of ether oxygens (including phenoxy) is 1. The van der Waals surface area contributed by atoms with E-state index in [-0.39, 0.29) is 22.8 Å². The summed E-state index contributed by atoms with van der Waals surface area (Å²) < 4.78 is 5.60. The van der Waals surface area contributed by atoms with Gasteiger partial charge in [0, 0.05) is 16.6 Å². The van der Waals surface area contributed by atoms with Gasteiger partial charge in [-0.3, -0.25) is 10.1 Å². The third kappa shape index (κ3) is 3.67. The number of aromatic hydroxyl groups is 1. The van der Waals surface area contributed by atoms with E-state index >= 15 is 0 Å². The third-order valence-corrected chi connectivity index (χ3v) is 3.77. The number of nitrogens with zero attached hydrogens (tertiary/aromatic N) is 2. The first kappa shape index (κ1) is 16.5. The normalized spacial score (nSPS) is 10.9. The molecule has 0 aliphatic rings. The van der Waals surface area contributed by atoms with Crippen molar-refractivity contribution >= 4 is 33.3 Å². The highest BCUT2D eigenvalue weighted by Gasteiger charge is 2.11. The standard InChI is InChI=1S/C16H11BrN2O4/c1-23-16-7-11(14(17)8-15(16)20)5-12(9-18)10-3-2-4-13(6-10)19(21)22/h2-8,20H,1H3/b12-5-. The van der Waals surface area contributed by atoms with E-state index in [0.717, 1.165) is 0 Å². The number of nitriles is 1. The number of halogens is 1. The van der Waals surface area contributed by atoms with Crippen LogP contribution in [-0.4, -0.2) is 17.1 Å². The number of benzene rings is 2. The van der Waals surface area contributed by atoms with Gasteiger partial charge in [0.1, 0.15) is 0 Å². The lowest BCUT2D eigenvalue weighted by atomic mass is 10.0. The molecule has 0 atom stereocenters. The maximum absolute atomic E-state index is 10.8. The number of allylic oxidation sites excluding steroid dienone is 1. The van der Waals surface area contributed by atoms with Gasteiger partial charge in [0.2, 0.25) is 0 Å². The Labute approximate surface area is 140 Å². The van der Waals surface area contributed by atoms with E-state index in [2.05, 4.69) is 15.9 Å². The van der Waals surface area contributed by atoms with E-state index in [1.54, 1.807) is 18.2 Å². The maximum atomic E-state index is 10.8. The molecule has 0 radical (unpaired) electrons. The molecule has 0 aromatic heterocycles. The van der Waals surface area contributed by atoms with Crippen LogP contribution in [-0.2, 0) is 0 Å². The Kier molecular flexibility index (Phi) is 4.98. The molecule has 0 spiro atoms. The molecule has 116 valence electrons. The van der Waals surface area contributed by atoms with Gasteiger partial charge in [-0.05, 0) is 29.3 Å². The number of nitro groups is 1. The lowest BCUT2D eigenvalue weighted by Gasteiger charge is -2.07. The zero-order valence-electron chi connectivity index (χ0n) is 12.0. The summed E-state index contributed by atoms with van der Waals surface area (Å²) in [6.45, 7) is 0. The Bertz CT molecular complexity index is 840. The van der Waals surface area contributed by atoms with Gasteiger partial charge in [-0.15, -0.1) is 0 Å². The molecule has 0 fully saturated rings. The first-order chi connectivity index (χ1) is 11.0. The largest absolute Gasteiger partial charge is 0.504 e. The van der Waals surface area contributed by atoms with Crippen LogP contribution < -0.4 is 4.74 Å². The fourth-order valence-electron chi connectivity index (χ4n) is 1.96. The molecule has 0 bridgehead atoms. The van der Waals surface area contributed by atoms with Gasteiger partial charge >= 0.3 is 0 Å². The monoisotopic (exact) mass is 374 g/mol. The maximum Gasteiger partial charge on any atom is 0.270 e. The summed E-state index contributed by atoms with van der Waals surface area (Å²) in [6.07, 6.45) is 1.56. The number of phenols is 1. The zero-order valence-corrected chi connectivity index (χ0v) is 13.6. The molecule has 0 unspecified atom stereocenters. The number of rotatable bonds is 4.